The van der Waals surface area contributed by atoms with E-state index in [1.54, 1.807) is 35.2 Å². The van der Waals surface area contributed by atoms with Crippen LogP contribution >= 0.6 is 11.6 Å². The molecule has 1 saturated heterocycles. The predicted molar refractivity (Wildman–Crippen MR) is 85.1 cm³/mol. The van der Waals surface area contributed by atoms with Gasteiger partial charge in [-0.3, -0.25) is 4.79 Å². The summed E-state index contributed by atoms with van der Waals surface area (Å²) in [5.74, 6) is -0.144. The van der Waals surface area contributed by atoms with E-state index in [1.807, 2.05) is 0 Å². The number of piperidine rings is 1. The number of carbonyl (C=O) groups excluding carboxylic acids is 1. The van der Waals surface area contributed by atoms with E-state index in [2.05, 4.69) is 9.97 Å². The average Bonchev–Trinajstić information content (AvgIpc) is 2.55. The minimum Gasteiger partial charge on any atom is -0.337 e. The molecule has 3 rings (SSSR count). The molecule has 1 aromatic carbocycles. The van der Waals surface area contributed by atoms with Gasteiger partial charge < -0.3 is 9.88 Å². The molecule has 1 aromatic heterocycles. The number of carbonyl (C=O) groups is 1. The van der Waals surface area contributed by atoms with Crippen LogP contribution in [0.2, 0.25) is 5.02 Å². The van der Waals surface area contributed by atoms with Crippen molar-refractivity contribution in [2.75, 3.05) is 13.1 Å². The van der Waals surface area contributed by atoms with Gasteiger partial charge in [0.05, 0.1) is 5.69 Å². The molecule has 2 heterocycles. The summed E-state index contributed by atoms with van der Waals surface area (Å²) in [6.45, 7) is 1.47. The number of aromatic nitrogens is 2. The maximum absolute atomic E-state index is 12.5. The molecule has 0 bridgehead atoms. The number of benzene rings is 1. The summed E-state index contributed by atoms with van der Waals surface area (Å²) in [7, 11) is 0. The SMILES string of the molecule is O=C(c1cc(-c2ccc(Cl)cc2)nc(=O)[nH]1)N1CCCCC1. The van der Waals surface area contributed by atoms with E-state index in [1.165, 1.54) is 0 Å². The molecule has 0 saturated carbocycles. The van der Waals surface area contributed by atoms with Crippen LogP contribution in [0.1, 0.15) is 29.8 Å². The summed E-state index contributed by atoms with van der Waals surface area (Å²) in [6, 6.07) is 8.64. The molecule has 22 heavy (non-hydrogen) atoms. The highest BCUT2D eigenvalue weighted by Crippen LogP contribution is 2.20. The highest BCUT2D eigenvalue weighted by atomic mass is 35.5. The summed E-state index contributed by atoms with van der Waals surface area (Å²) in [6.07, 6.45) is 3.16. The number of hydrogen-bond acceptors (Lipinski definition) is 3. The van der Waals surface area contributed by atoms with Crippen LogP contribution in [0.15, 0.2) is 35.1 Å². The van der Waals surface area contributed by atoms with E-state index >= 15 is 0 Å². The van der Waals surface area contributed by atoms with E-state index in [0.717, 1.165) is 37.9 Å². The third-order valence-electron chi connectivity index (χ3n) is 3.76. The van der Waals surface area contributed by atoms with Gasteiger partial charge >= 0.3 is 5.69 Å². The van der Waals surface area contributed by atoms with Gasteiger partial charge in [0.15, 0.2) is 0 Å². The third kappa shape index (κ3) is 3.20. The largest absolute Gasteiger partial charge is 0.346 e. The zero-order valence-electron chi connectivity index (χ0n) is 12.0. The van der Waals surface area contributed by atoms with Crippen LogP contribution < -0.4 is 5.69 Å². The van der Waals surface area contributed by atoms with Gasteiger partial charge in [-0.05, 0) is 37.5 Å². The normalized spacial score (nSPS) is 14.9. The molecule has 5 nitrogen and oxygen atoms in total. The zero-order chi connectivity index (χ0) is 15.5. The highest BCUT2D eigenvalue weighted by Gasteiger charge is 2.20. The minimum absolute atomic E-state index is 0.144. The van der Waals surface area contributed by atoms with Crippen molar-refractivity contribution < 1.29 is 4.79 Å². The summed E-state index contributed by atoms with van der Waals surface area (Å²) >= 11 is 5.86. The van der Waals surface area contributed by atoms with Crippen LogP contribution in [-0.2, 0) is 0 Å². The number of hydrogen-bond donors (Lipinski definition) is 1. The number of halogens is 1. The first-order valence-electron chi connectivity index (χ1n) is 7.30. The van der Waals surface area contributed by atoms with Crippen molar-refractivity contribution in [3.05, 3.63) is 51.5 Å². The van der Waals surface area contributed by atoms with Crippen molar-refractivity contribution in [2.45, 2.75) is 19.3 Å². The molecular weight excluding hydrogens is 302 g/mol. The van der Waals surface area contributed by atoms with Crippen LogP contribution in [0.3, 0.4) is 0 Å². The van der Waals surface area contributed by atoms with Crippen molar-refractivity contribution >= 4 is 17.5 Å². The quantitative estimate of drug-likeness (QED) is 0.926. The molecule has 6 heteroatoms. The van der Waals surface area contributed by atoms with Crippen LogP contribution in [0.5, 0.6) is 0 Å². The summed E-state index contributed by atoms with van der Waals surface area (Å²) in [4.78, 5) is 32.5. The van der Waals surface area contributed by atoms with Crippen molar-refractivity contribution in [2.24, 2.45) is 0 Å². The molecule has 114 valence electrons. The van der Waals surface area contributed by atoms with Gasteiger partial charge in [0.2, 0.25) is 0 Å². The van der Waals surface area contributed by atoms with Gasteiger partial charge in [-0.25, -0.2) is 4.79 Å². The molecule has 0 unspecified atom stereocenters. The van der Waals surface area contributed by atoms with Crippen molar-refractivity contribution in [3.63, 3.8) is 0 Å². The second-order valence-electron chi connectivity index (χ2n) is 5.34. The van der Waals surface area contributed by atoms with Gasteiger partial charge in [-0.1, -0.05) is 23.7 Å². The molecule has 1 aliphatic heterocycles. The van der Waals surface area contributed by atoms with Gasteiger partial charge in [-0.15, -0.1) is 0 Å². The summed E-state index contributed by atoms with van der Waals surface area (Å²) in [5, 5.41) is 0.609. The number of aromatic amines is 1. The summed E-state index contributed by atoms with van der Waals surface area (Å²) < 4.78 is 0. The van der Waals surface area contributed by atoms with E-state index < -0.39 is 5.69 Å². The van der Waals surface area contributed by atoms with Gasteiger partial charge in [-0.2, -0.15) is 4.98 Å². The van der Waals surface area contributed by atoms with E-state index in [0.29, 0.717) is 10.7 Å². The Morgan fingerprint density at radius 3 is 2.50 bits per heavy atom. The van der Waals surface area contributed by atoms with Gasteiger partial charge in [0.1, 0.15) is 5.69 Å². The molecule has 0 spiro atoms. The Morgan fingerprint density at radius 2 is 1.82 bits per heavy atom. The molecule has 2 aromatic rings. The number of H-pyrrole nitrogens is 1. The first-order valence-corrected chi connectivity index (χ1v) is 7.68. The number of nitrogens with one attached hydrogen (secondary N) is 1. The molecule has 1 aliphatic rings. The fourth-order valence-corrected chi connectivity index (χ4v) is 2.73. The van der Waals surface area contributed by atoms with Crippen LogP contribution in [-0.4, -0.2) is 33.9 Å². The van der Waals surface area contributed by atoms with Crippen LogP contribution in [0, 0.1) is 0 Å². The van der Waals surface area contributed by atoms with Gasteiger partial charge in [0, 0.05) is 23.7 Å². The fourth-order valence-electron chi connectivity index (χ4n) is 2.61. The van der Waals surface area contributed by atoms with Crippen LogP contribution in [0.4, 0.5) is 0 Å². The Labute approximate surface area is 132 Å². The first-order chi connectivity index (χ1) is 10.6. The Kier molecular flexibility index (Phi) is 4.24. The highest BCUT2D eigenvalue weighted by molar-refractivity contribution is 6.30. The van der Waals surface area contributed by atoms with Gasteiger partial charge in [0.25, 0.3) is 5.91 Å². The topological polar surface area (TPSA) is 66.1 Å². The lowest BCUT2D eigenvalue weighted by molar-refractivity contribution is 0.0718. The van der Waals surface area contributed by atoms with E-state index in [-0.39, 0.29) is 11.6 Å². The standard InChI is InChI=1S/C16H16ClN3O2/c17-12-6-4-11(5-7-12)13-10-14(19-16(22)18-13)15(21)20-8-2-1-3-9-20/h4-7,10H,1-3,8-9H2,(H,18,19,22). The lowest BCUT2D eigenvalue weighted by atomic mass is 10.1. The number of likely N-dealkylation sites (tertiary alicyclic amines) is 1. The lowest BCUT2D eigenvalue weighted by Crippen LogP contribution is -2.37. The van der Waals surface area contributed by atoms with Crippen molar-refractivity contribution in [3.8, 4) is 11.3 Å². The molecule has 0 atom stereocenters. The second kappa shape index (κ2) is 6.32. The zero-order valence-corrected chi connectivity index (χ0v) is 12.8. The average molecular weight is 318 g/mol. The molecule has 0 radical (unpaired) electrons. The predicted octanol–water partition coefficient (Wildman–Crippen LogP) is 2.72. The Balaban J connectivity index is 1.94. The van der Waals surface area contributed by atoms with Crippen molar-refractivity contribution in [1.82, 2.24) is 14.9 Å². The monoisotopic (exact) mass is 317 g/mol. The van der Waals surface area contributed by atoms with Crippen LogP contribution in [0.25, 0.3) is 11.3 Å². The smallest absolute Gasteiger partial charge is 0.337 e. The molecule has 1 amide bonds. The first kappa shape index (κ1) is 14.8. The molecular formula is C16H16ClN3O2. The number of amides is 1. The van der Waals surface area contributed by atoms with E-state index in [4.69, 9.17) is 11.6 Å². The second-order valence-corrected chi connectivity index (χ2v) is 5.78. The fraction of sp³-hybridized carbons (Fsp3) is 0.312. The molecule has 1 fully saturated rings. The third-order valence-corrected chi connectivity index (χ3v) is 4.01. The van der Waals surface area contributed by atoms with Crippen molar-refractivity contribution in [1.29, 1.82) is 0 Å². The minimum atomic E-state index is -0.521. The molecule has 1 N–H and O–H groups in total. The summed E-state index contributed by atoms with van der Waals surface area (Å²) in [5.41, 5.74) is 0.989. The van der Waals surface area contributed by atoms with E-state index in [9.17, 15) is 9.59 Å². The number of rotatable bonds is 2. The lowest BCUT2D eigenvalue weighted by Gasteiger charge is -2.26. The maximum Gasteiger partial charge on any atom is 0.346 e. The molecule has 0 aliphatic carbocycles. The Bertz CT molecular complexity index is 734. The number of nitrogens with zero attached hydrogens (tertiary/aromatic N) is 2. The maximum atomic E-state index is 12.5. The Hall–Kier alpha value is -2.14. The Morgan fingerprint density at radius 1 is 1.14 bits per heavy atom.